The van der Waals surface area contributed by atoms with Crippen LogP contribution in [-0.2, 0) is 9.53 Å². The van der Waals surface area contributed by atoms with Crippen molar-refractivity contribution in [2.24, 2.45) is 5.92 Å². The Hall–Kier alpha value is -3.18. The van der Waals surface area contributed by atoms with Crippen LogP contribution in [0.3, 0.4) is 0 Å². The van der Waals surface area contributed by atoms with Crippen LogP contribution in [0, 0.1) is 22.7 Å². The standard InChI is InChI=1S/C24H17Cl2N3O3S/c1-2-32-24(31)20-19(14-8-4-6-10-17(14)26)15(12-27)23-29(21(20)28)22(30)18(33-23)11-13-7-3-5-9-16(13)25/h3-11,19-20,28H,2H2,1H3. The third kappa shape index (κ3) is 4.02. The number of nitriles is 1. The Morgan fingerprint density at radius 2 is 1.88 bits per heavy atom. The summed E-state index contributed by atoms with van der Waals surface area (Å²) < 4.78 is 6.92. The number of benzene rings is 2. The van der Waals surface area contributed by atoms with Gasteiger partial charge in [-0.05, 0) is 36.3 Å². The largest absolute Gasteiger partial charge is 0.465 e. The first kappa shape index (κ1) is 23.0. The maximum absolute atomic E-state index is 13.3. The van der Waals surface area contributed by atoms with Gasteiger partial charge in [-0.2, -0.15) is 5.26 Å². The van der Waals surface area contributed by atoms with Crippen LogP contribution >= 0.6 is 34.5 Å². The number of nitrogens with one attached hydrogen (secondary N) is 1. The van der Waals surface area contributed by atoms with Crippen molar-refractivity contribution in [1.82, 2.24) is 4.57 Å². The molecule has 4 rings (SSSR count). The van der Waals surface area contributed by atoms with Gasteiger partial charge in [-0.1, -0.05) is 59.6 Å². The number of ether oxygens (including phenoxy) is 1. The Balaban J connectivity index is 2.06. The number of carbonyl (C=O) groups is 1. The monoisotopic (exact) mass is 497 g/mol. The zero-order valence-electron chi connectivity index (χ0n) is 17.3. The van der Waals surface area contributed by atoms with Gasteiger partial charge in [0.15, 0.2) is 0 Å². The minimum Gasteiger partial charge on any atom is -0.465 e. The van der Waals surface area contributed by atoms with Crippen LogP contribution in [0.2, 0.25) is 10.0 Å². The van der Waals surface area contributed by atoms with E-state index < -0.39 is 23.4 Å². The van der Waals surface area contributed by atoms with Gasteiger partial charge in [0.1, 0.15) is 16.4 Å². The summed E-state index contributed by atoms with van der Waals surface area (Å²) >= 11 is 13.8. The Morgan fingerprint density at radius 3 is 2.52 bits per heavy atom. The summed E-state index contributed by atoms with van der Waals surface area (Å²) in [6.07, 6.45) is 1.62. The molecule has 2 atom stereocenters. The predicted octanol–water partition coefficient (Wildman–Crippen LogP) is 3.52. The second-order valence-corrected chi connectivity index (χ2v) is 9.06. The smallest absolute Gasteiger partial charge is 0.317 e. The van der Waals surface area contributed by atoms with Crippen molar-refractivity contribution in [2.75, 3.05) is 6.61 Å². The molecule has 0 saturated carbocycles. The molecule has 166 valence electrons. The van der Waals surface area contributed by atoms with Gasteiger partial charge in [-0.25, -0.2) is 0 Å². The number of esters is 1. The molecule has 3 aromatic rings. The van der Waals surface area contributed by atoms with E-state index in [0.717, 1.165) is 15.9 Å². The Kier molecular flexibility index (Phi) is 6.52. The predicted molar refractivity (Wildman–Crippen MR) is 129 cm³/mol. The fourth-order valence-electron chi connectivity index (χ4n) is 3.87. The topological polar surface area (TPSA) is 95.9 Å². The summed E-state index contributed by atoms with van der Waals surface area (Å²) in [6, 6.07) is 16.1. The molecule has 6 nitrogen and oxygen atoms in total. The Morgan fingerprint density at radius 1 is 1.21 bits per heavy atom. The first-order chi connectivity index (χ1) is 15.9. The van der Waals surface area contributed by atoms with Crippen molar-refractivity contribution >= 4 is 58.0 Å². The molecule has 1 aromatic heterocycles. The average Bonchev–Trinajstić information content (AvgIpc) is 3.12. The van der Waals surface area contributed by atoms with Crippen LogP contribution in [-0.4, -0.2) is 23.0 Å². The van der Waals surface area contributed by atoms with Crippen LogP contribution in [0.15, 0.2) is 53.3 Å². The molecule has 0 bridgehead atoms. The highest BCUT2D eigenvalue weighted by Gasteiger charge is 2.43. The van der Waals surface area contributed by atoms with Crippen molar-refractivity contribution in [3.05, 3.63) is 89.3 Å². The molecular formula is C24H17Cl2N3O3S. The number of hydrogen-bond acceptors (Lipinski definition) is 6. The lowest BCUT2D eigenvalue weighted by Crippen LogP contribution is -2.49. The lowest BCUT2D eigenvalue weighted by molar-refractivity contribution is -0.145. The van der Waals surface area contributed by atoms with Crippen molar-refractivity contribution < 1.29 is 9.53 Å². The molecule has 0 fully saturated rings. The first-order valence-electron chi connectivity index (χ1n) is 10.0. The van der Waals surface area contributed by atoms with E-state index in [2.05, 4.69) is 6.07 Å². The lowest BCUT2D eigenvalue weighted by atomic mass is 9.78. The number of thiazole rings is 1. The number of rotatable bonds is 4. The van der Waals surface area contributed by atoms with Crippen molar-refractivity contribution in [1.29, 1.82) is 10.7 Å². The second kappa shape index (κ2) is 9.36. The number of nitrogens with zero attached hydrogens (tertiary/aromatic N) is 2. The van der Waals surface area contributed by atoms with E-state index in [-0.39, 0.29) is 27.2 Å². The quantitative estimate of drug-likeness (QED) is 0.557. The zero-order valence-corrected chi connectivity index (χ0v) is 19.7. The van der Waals surface area contributed by atoms with E-state index in [4.69, 9.17) is 33.3 Å². The fourth-order valence-corrected chi connectivity index (χ4v) is 5.44. The van der Waals surface area contributed by atoms with Gasteiger partial charge in [-0.15, -0.1) is 11.3 Å². The van der Waals surface area contributed by atoms with Crippen molar-refractivity contribution in [3.8, 4) is 6.07 Å². The zero-order chi connectivity index (χ0) is 23.7. The van der Waals surface area contributed by atoms with Gasteiger partial charge >= 0.3 is 5.97 Å². The van der Waals surface area contributed by atoms with Crippen LogP contribution in [0.5, 0.6) is 0 Å². The molecule has 0 amide bonds. The van der Waals surface area contributed by atoms with Gasteiger partial charge in [0.05, 0.1) is 22.8 Å². The van der Waals surface area contributed by atoms with E-state index >= 15 is 0 Å². The molecule has 2 heterocycles. The third-order valence-electron chi connectivity index (χ3n) is 5.33. The number of fused-ring (bicyclic) bond motifs is 1. The van der Waals surface area contributed by atoms with Gasteiger partial charge < -0.3 is 4.74 Å². The summed E-state index contributed by atoms with van der Waals surface area (Å²) in [5.41, 5.74) is 0.824. The lowest BCUT2D eigenvalue weighted by Gasteiger charge is -2.30. The molecule has 1 aliphatic rings. The van der Waals surface area contributed by atoms with Gasteiger partial charge in [0, 0.05) is 16.0 Å². The molecule has 2 unspecified atom stereocenters. The Labute approximate surface area is 203 Å². The summed E-state index contributed by atoms with van der Waals surface area (Å²) in [5.74, 6) is -3.01. The number of carbonyl (C=O) groups excluding carboxylic acids is 1. The minimum absolute atomic E-state index is 0.0939. The highest BCUT2D eigenvalue weighted by molar-refractivity contribution is 7.07. The van der Waals surface area contributed by atoms with E-state index in [9.17, 15) is 14.9 Å². The molecular weight excluding hydrogens is 481 g/mol. The third-order valence-corrected chi connectivity index (χ3v) is 7.12. The van der Waals surface area contributed by atoms with Crippen LogP contribution in [0.1, 0.15) is 24.0 Å². The molecule has 1 N–H and O–H groups in total. The maximum Gasteiger partial charge on any atom is 0.317 e. The number of aromatic nitrogens is 1. The van der Waals surface area contributed by atoms with E-state index in [1.54, 1.807) is 61.5 Å². The highest BCUT2D eigenvalue weighted by atomic mass is 35.5. The number of halogens is 2. The fraction of sp³-hybridized carbons (Fsp3) is 0.167. The molecule has 0 spiro atoms. The van der Waals surface area contributed by atoms with E-state index in [1.807, 2.05) is 0 Å². The summed E-state index contributed by atoms with van der Waals surface area (Å²) in [6.45, 7) is 1.75. The molecule has 1 aliphatic heterocycles. The van der Waals surface area contributed by atoms with Crippen LogP contribution in [0.25, 0.3) is 11.6 Å². The summed E-state index contributed by atoms with van der Waals surface area (Å²) in [7, 11) is 0. The summed E-state index contributed by atoms with van der Waals surface area (Å²) in [5, 5.41) is 19.7. The van der Waals surface area contributed by atoms with Gasteiger partial charge in [0.25, 0.3) is 5.56 Å². The van der Waals surface area contributed by atoms with Crippen molar-refractivity contribution in [2.45, 2.75) is 12.8 Å². The SMILES string of the molecule is CCOC(=O)C1C(=N)n2c(sc(=Cc3ccccc3Cl)c2=O)=C(C#N)C1c1ccccc1Cl. The molecule has 0 aliphatic carbocycles. The Bertz CT molecular complexity index is 1500. The highest BCUT2D eigenvalue weighted by Crippen LogP contribution is 2.39. The molecule has 9 heteroatoms. The maximum atomic E-state index is 13.3. The minimum atomic E-state index is -1.20. The molecule has 2 aromatic carbocycles. The molecule has 0 radical (unpaired) electrons. The van der Waals surface area contributed by atoms with Gasteiger partial charge in [0.2, 0.25) is 0 Å². The first-order valence-corrected chi connectivity index (χ1v) is 11.6. The van der Waals surface area contributed by atoms with Gasteiger partial charge in [-0.3, -0.25) is 19.6 Å². The molecule has 33 heavy (non-hydrogen) atoms. The van der Waals surface area contributed by atoms with E-state index in [1.165, 1.54) is 0 Å². The summed E-state index contributed by atoms with van der Waals surface area (Å²) in [4.78, 5) is 26.3. The van der Waals surface area contributed by atoms with E-state index in [0.29, 0.717) is 21.2 Å². The van der Waals surface area contributed by atoms with Crippen LogP contribution < -0.4 is 14.8 Å². The van der Waals surface area contributed by atoms with Crippen LogP contribution in [0.4, 0.5) is 0 Å². The normalized spacial score (nSPS) is 18.1. The number of hydrogen-bond donors (Lipinski definition) is 1. The second-order valence-electron chi connectivity index (χ2n) is 7.22. The van der Waals surface area contributed by atoms with Crippen molar-refractivity contribution in [3.63, 3.8) is 0 Å². The molecule has 0 saturated heterocycles. The average molecular weight is 498 g/mol.